The third-order valence-electron chi connectivity index (χ3n) is 8.84. The van der Waals surface area contributed by atoms with Gasteiger partial charge in [-0.2, -0.15) is 14.9 Å². The number of hydrogen-bond donors (Lipinski definition) is 2. The second-order valence-corrected chi connectivity index (χ2v) is 11.7. The van der Waals surface area contributed by atoms with Crippen molar-refractivity contribution in [3.63, 3.8) is 0 Å². The monoisotopic (exact) mass is 602 g/mol. The van der Waals surface area contributed by atoms with Crippen molar-refractivity contribution in [3.8, 4) is 17.3 Å². The number of imidazole rings is 1. The van der Waals surface area contributed by atoms with E-state index in [2.05, 4.69) is 38.3 Å². The lowest BCUT2D eigenvalue weighted by atomic mass is 9.90. The molecule has 12 heteroatoms. The van der Waals surface area contributed by atoms with Gasteiger partial charge in [0.05, 0.1) is 71.3 Å². The minimum Gasteiger partial charge on any atom is -0.375 e. The molecule has 0 amide bonds. The molecular weight excluding hydrogens is 566 g/mol. The van der Waals surface area contributed by atoms with Crippen molar-refractivity contribution in [1.82, 2.24) is 19.6 Å². The Kier molecular flexibility index (Phi) is 8.44. The van der Waals surface area contributed by atoms with E-state index in [-0.39, 0.29) is 29.3 Å². The lowest BCUT2D eigenvalue weighted by Gasteiger charge is -2.42. The molecule has 44 heavy (non-hydrogen) atoms. The number of nitrogens with two attached hydrogens (primary N) is 1. The van der Waals surface area contributed by atoms with Crippen LogP contribution in [-0.2, 0) is 15.1 Å². The molecule has 0 spiro atoms. The SMILES string of the molecule is COC1(c2cc(F)c(-c3ccc4cnc(Nc5cnccc5N5C[C@@H](N)[C@@H](OCCC#N)[C@@H](C)C5)n4n3)c(F)c2)CCCC1. The molecule has 4 heterocycles. The summed E-state index contributed by atoms with van der Waals surface area (Å²) in [5, 5.41) is 16.8. The van der Waals surface area contributed by atoms with Crippen molar-refractivity contribution in [2.45, 2.75) is 56.8 Å². The molecule has 10 nitrogen and oxygen atoms in total. The largest absolute Gasteiger partial charge is 0.375 e. The number of piperidine rings is 1. The topological polar surface area (TPSA) is 127 Å². The van der Waals surface area contributed by atoms with Crippen molar-refractivity contribution in [1.29, 1.82) is 5.26 Å². The number of hydrogen-bond acceptors (Lipinski definition) is 9. The number of rotatable bonds is 9. The number of pyridine rings is 1. The molecule has 2 aliphatic rings. The maximum Gasteiger partial charge on any atom is 0.229 e. The van der Waals surface area contributed by atoms with E-state index in [4.69, 9.17) is 20.5 Å². The zero-order chi connectivity index (χ0) is 30.8. The fraction of sp³-hybridized carbons (Fsp3) is 0.438. The predicted molar refractivity (Wildman–Crippen MR) is 162 cm³/mol. The molecule has 3 atom stereocenters. The predicted octanol–water partition coefficient (Wildman–Crippen LogP) is 5.31. The smallest absolute Gasteiger partial charge is 0.229 e. The molecule has 6 rings (SSSR count). The van der Waals surface area contributed by atoms with E-state index < -0.39 is 17.2 Å². The van der Waals surface area contributed by atoms with Gasteiger partial charge < -0.3 is 25.4 Å². The highest BCUT2D eigenvalue weighted by Gasteiger charge is 2.37. The Morgan fingerprint density at radius 2 is 1.91 bits per heavy atom. The first-order valence-electron chi connectivity index (χ1n) is 14.9. The normalized spacial score (nSPS) is 21.5. The van der Waals surface area contributed by atoms with Gasteiger partial charge in [-0.1, -0.05) is 19.8 Å². The van der Waals surface area contributed by atoms with Gasteiger partial charge in [0.15, 0.2) is 0 Å². The molecule has 2 fully saturated rings. The molecule has 0 unspecified atom stereocenters. The van der Waals surface area contributed by atoms with Gasteiger partial charge >= 0.3 is 0 Å². The Bertz CT molecular complexity index is 1650. The van der Waals surface area contributed by atoms with Gasteiger partial charge in [-0.3, -0.25) is 4.98 Å². The molecule has 230 valence electrons. The summed E-state index contributed by atoms with van der Waals surface area (Å²) < 4.78 is 44.3. The molecule has 1 saturated carbocycles. The van der Waals surface area contributed by atoms with Crippen molar-refractivity contribution in [2.24, 2.45) is 11.7 Å². The van der Waals surface area contributed by atoms with Crippen LogP contribution >= 0.6 is 0 Å². The van der Waals surface area contributed by atoms with E-state index in [9.17, 15) is 0 Å². The van der Waals surface area contributed by atoms with Crippen LogP contribution in [0.15, 0.2) is 48.9 Å². The number of benzene rings is 1. The van der Waals surface area contributed by atoms with Crippen LogP contribution in [0.25, 0.3) is 16.8 Å². The Labute approximate surface area is 254 Å². The third-order valence-corrected chi connectivity index (χ3v) is 8.84. The molecule has 4 aromatic rings. The van der Waals surface area contributed by atoms with E-state index in [1.165, 1.54) is 16.6 Å². The minimum atomic E-state index is -0.690. The summed E-state index contributed by atoms with van der Waals surface area (Å²) >= 11 is 0. The fourth-order valence-corrected chi connectivity index (χ4v) is 6.65. The zero-order valence-corrected chi connectivity index (χ0v) is 24.8. The number of ether oxygens (including phenoxy) is 2. The summed E-state index contributed by atoms with van der Waals surface area (Å²) in [5.74, 6) is -0.891. The summed E-state index contributed by atoms with van der Waals surface area (Å²) in [6, 6.07) is 9.81. The highest BCUT2D eigenvalue weighted by Crippen LogP contribution is 2.43. The summed E-state index contributed by atoms with van der Waals surface area (Å²) in [4.78, 5) is 11.0. The highest BCUT2D eigenvalue weighted by molar-refractivity contribution is 5.74. The molecule has 1 aliphatic carbocycles. The first-order valence-corrected chi connectivity index (χ1v) is 14.9. The number of nitrogens with zero attached hydrogens (tertiary/aromatic N) is 6. The molecule has 3 aromatic heterocycles. The van der Waals surface area contributed by atoms with Crippen molar-refractivity contribution < 1.29 is 18.3 Å². The molecule has 1 saturated heterocycles. The van der Waals surface area contributed by atoms with Crippen LogP contribution in [-0.4, -0.2) is 58.5 Å². The van der Waals surface area contributed by atoms with Crippen LogP contribution < -0.4 is 16.0 Å². The Balaban J connectivity index is 1.27. The lowest BCUT2D eigenvalue weighted by Crippen LogP contribution is -2.56. The lowest BCUT2D eigenvalue weighted by molar-refractivity contribution is -0.00915. The first-order chi connectivity index (χ1) is 21.3. The number of fused-ring (bicyclic) bond motifs is 1. The van der Waals surface area contributed by atoms with E-state index in [0.717, 1.165) is 31.4 Å². The molecule has 3 N–H and O–H groups in total. The number of nitriles is 1. The van der Waals surface area contributed by atoms with E-state index in [0.29, 0.717) is 48.8 Å². The number of nitrogens with one attached hydrogen (secondary N) is 1. The molecular formula is C32H36F2N8O2. The second-order valence-electron chi connectivity index (χ2n) is 11.7. The van der Waals surface area contributed by atoms with Gasteiger partial charge in [0, 0.05) is 38.4 Å². The van der Waals surface area contributed by atoms with E-state index in [1.54, 1.807) is 37.8 Å². The van der Waals surface area contributed by atoms with Gasteiger partial charge in [0.25, 0.3) is 0 Å². The highest BCUT2D eigenvalue weighted by atomic mass is 19.1. The van der Waals surface area contributed by atoms with Crippen LogP contribution in [0.2, 0.25) is 0 Å². The van der Waals surface area contributed by atoms with Crippen LogP contribution in [0.5, 0.6) is 0 Å². The Hall–Kier alpha value is -4.18. The maximum absolute atomic E-state index is 15.5. The van der Waals surface area contributed by atoms with Crippen LogP contribution in [0.1, 0.15) is 44.6 Å². The molecule has 0 bridgehead atoms. The molecule has 1 aliphatic heterocycles. The van der Waals surface area contributed by atoms with E-state index in [1.807, 2.05) is 6.07 Å². The van der Waals surface area contributed by atoms with Crippen molar-refractivity contribution in [2.75, 3.05) is 37.0 Å². The van der Waals surface area contributed by atoms with Crippen LogP contribution in [0.3, 0.4) is 0 Å². The van der Waals surface area contributed by atoms with E-state index >= 15 is 8.78 Å². The maximum atomic E-state index is 15.5. The Morgan fingerprint density at radius 1 is 1.14 bits per heavy atom. The van der Waals surface area contributed by atoms with Crippen LogP contribution in [0.4, 0.5) is 26.1 Å². The van der Waals surface area contributed by atoms with Crippen LogP contribution in [0, 0.1) is 28.9 Å². The summed E-state index contributed by atoms with van der Waals surface area (Å²) in [6.07, 6.45) is 8.57. The number of aromatic nitrogens is 4. The average molecular weight is 603 g/mol. The van der Waals surface area contributed by atoms with Gasteiger partial charge in [0.2, 0.25) is 5.95 Å². The zero-order valence-electron chi connectivity index (χ0n) is 24.8. The summed E-state index contributed by atoms with van der Waals surface area (Å²) in [7, 11) is 1.59. The molecule has 0 radical (unpaired) electrons. The van der Waals surface area contributed by atoms with Gasteiger partial charge in [0.1, 0.15) is 11.6 Å². The fourth-order valence-electron chi connectivity index (χ4n) is 6.65. The number of methoxy groups -OCH3 is 1. The van der Waals surface area contributed by atoms with Gasteiger partial charge in [-0.15, -0.1) is 0 Å². The standard InChI is InChI=1S/C32H36F2N8O2/c1-20-18-41(19-25(36)30(20)44-13-5-11-35)28-8-12-37-17-27(28)39-31-38-16-22-6-7-26(40-42(22)31)29-23(33)14-21(15-24(29)34)32(43-2)9-3-4-10-32/h6-8,12,14-17,20,25,30H,3-5,9-10,13,18-19,36H2,1-2H3,(H,38,39)/t20-,25+,30-/m0/s1. The average Bonchev–Trinajstić information content (AvgIpc) is 3.66. The third kappa shape index (κ3) is 5.58. The second kappa shape index (κ2) is 12.4. The minimum absolute atomic E-state index is 0.124. The van der Waals surface area contributed by atoms with Crippen molar-refractivity contribution in [3.05, 3.63) is 66.1 Å². The van der Waals surface area contributed by atoms with Crippen molar-refractivity contribution >= 4 is 22.8 Å². The van der Waals surface area contributed by atoms with Gasteiger partial charge in [-0.25, -0.2) is 13.8 Å². The number of anilines is 3. The summed E-state index contributed by atoms with van der Waals surface area (Å²) in [5.41, 5.74) is 8.50. The Morgan fingerprint density at radius 3 is 2.61 bits per heavy atom. The first kappa shape index (κ1) is 29.9. The molecule has 1 aromatic carbocycles. The van der Waals surface area contributed by atoms with Gasteiger partial charge in [-0.05, 0) is 48.7 Å². The summed E-state index contributed by atoms with van der Waals surface area (Å²) in [6.45, 7) is 3.67. The number of halogens is 2. The quantitative estimate of drug-likeness (QED) is 0.245.